The van der Waals surface area contributed by atoms with Gasteiger partial charge in [-0.25, -0.2) is 0 Å². The van der Waals surface area contributed by atoms with Crippen molar-refractivity contribution >= 4 is 23.1 Å². The second-order valence-electron chi connectivity index (χ2n) is 0.521. The van der Waals surface area contributed by atoms with Crippen molar-refractivity contribution in [3.8, 4) is 0 Å². The molecule has 0 aliphatic rings. The normalized spacial score (nSPS) is 6.86. The molecule has 0 heterocycles. The smallest absolute Gasteiger partial charge is 0.167 e. The zero-order chi connectivity index (χ0) is 5.15. The summed E-state index contributed by atoms with van der Waals surface area (Å²) in [4.78, 5) is 0. The van der Waals surface area contributed by atoms with Crippen LogP contribution in [0.2, 0.25) is 0 Å². The molecule has 0 aliphatic heterocycles. The van der Waals surface area contributed by atoms with Crippen molar-refractivity contribution in [2.45, 2.75) is 0 Å². The lowest BCUT2D eigenvalue weighted by Crippen LogP contribution is -1.56. The van der Waals surface area contributed by atoms with Crippen molar-refractivity contribution in [1.82, 2.24) is 0 Å². The summed E-state index contributed by atoms with van der Waals surface area (Å²) in [5, 5.41) is 0. The van der Waals surface area contributed by atoms with Crippen LogP contribution < -0.4 is 0 Å². The molecule has 0 amide bonds. The number of halogens is 4. The van der Waals surface area contributed by atoms with Crippen molar-refractivity contribution in [3.05, 3.63) is 12.2 Å². The van der Waals surface area contributed by atoms with E-state index in [1.807, 2.05) is 0 Å². The molecule has 0 nitrogen and oxygen atoms in total. The summed E-state index contributed by atoms with van der Waals surface area (Å²) in [6, 6.07) is 0. The second kappa shape index (κ2) is 4.39. The zero-order valence-corrected chi connectivity index (χ0v) is 2.51. The lowest BCUT2D eigenvalue weighted by molar-refractivity contribution is 0.308. The fraction of sp³-hybridized carbons (Fsp3) is 0. The Kier molecular flexibility index (Phi) is 6.43. The fourth-order valence-electron chi connectivity index (χ4n) is 0. The van der Waals surface area contributed by atoms with Gasteiger partial charge >= 0.3 is 35.2 Å². The molecule has 0 rings (SSSR count). The van der Waals surface area contributed by atoms with Crippen molar-refractivity contribution in [3.63, 3.8) is 0 Å². The van der Waals surface area contributed by atoms with E-state index in [-0.39, 0.29) is 23.1 Å². The Morgan fingerprint density at radius 3 is 0.857 bits per heavy atom. The van der Waals surface area contributed by atoms with E-state index < -0.39 is 12.2 Å². The minimum absolute atomic E-state index is 0. The SMILES string of the molecule is FC(F)=C(F)F.[MgH2]. The van der Waals surface area contributed by atoms with Gasteiger partial charge < -0.3 is 0 Å². The first kappa shape index (κ1) is 10.3. The van der Waals surface area contributed by atoms with Gasteiger partial charge in [0.15, 0.2) is 0 Å². The van der Waals surface area contributed by atoms with Crippen LogP contribution in [0.4, 0.5) is 17.6 Å². The highest BCUT2D eigenvalue weighted by atomic mass is 24.3. The average molecular weight is 126 g/mol. The van der Waals surface area contributed by atoms with E-state index in [4.69, 9.17) is 0 Å². The Bertz CT molecular complexity index is 59.8. The minimum atomic E-state index is -2.91. The highest BCUT2D eigenvalue weighted by molar-refractivity contribution is 5.75. The first-order valence-electron chi connectivity index (χ1n) is 1.01. The summed E-state index contributed by atoms with van der Waals surface area (Å²) in [6.07, 6.45) is -5.81. The van der Waals surface area contributed by atoms with E-state index in [0.29, 0.717) is 0 Å². The van der Waals surface area contributed by atoms with Crippen molar-refractivity contribution in [2.24, 2.45) is 0 Å². The van der Waals surface area contributed by atoms with Gasteiger partial charge in [-0.3, -0.25) is 0 Å². The van der Waals surface area contributed by atoms with E-state index in [0.717, 1.165) is 0 Å². The fourth-order valence-corrected chi connectivity index (χ4v) is 0. The predicted molar refractivity (Wildman–Crippen MR) is 20.0 cm³/mol. The molecule has 0 saturated carbocycles. The Morgan fingerprint density at radius 2 is 0.857 bits per heavy atom. The molecule has 7 heavy (non-hydrogen) atoms. The highest BCUT2D eigenvalue weighted by Gasteiger charge is 1.98. The second-order valence-corrected chi connectivity index (χ2v) is 0.521. The maximum absolute atomic E-state index is 10.3. The van der Waals surface area contributed by atoms with Gasteiger partial charge in [-0.1, -0.05) is 0 Å². The third-order valence-electron chi connectivity index (χ3n) is 0.143. The van der Waals surface area contributed by atoms with Crippen LogP contribution in [0.5, 0.6) is 0 Å². The predicted octanol–water partition coefficient (Wildman–Crippen LogP) is 1.07. The third-order valence-corrected chi connectivity index (χ3v) is 0.143. The molecule has 0 spiro atoms. The van der Waals surface area contributed by atoms with Crippen LogP contribution in [-0.2, 0) is 0 Å². The molecular formula is C2H2F4Mg. The zero-order valence-electron chi connectivity index (χ0n) is 2.51. The van der Waals surface area contributed by atoms with Crippen LogP contribution in [0, 0.1) is 0 Å². The number of rotatable bonds is 0. The van der Waals surface area contributed by atoms with Crippen LogP contribution in [-0.4, -0.2) is 23.1 Å². The van der Waals surface area contributed by atoms with Gasteiger partial charge in [0.2, 0.25) is 0 Å². The molecule has 0 aromatic carbocycles. The summed E-state index contributed by atoms with van der Waals surface area (Å²) < 4.78 is 41.1. The largest absolute Gasteiger partial charge is 0.334 e. The van der Waals surface area contributed by atoms with Crippen molar-refractivity contribution in [2.75, 3.05) is 0 Å². The van der Waals surface area contributed by atoms with Crippen molar-refractivity contribution in [1.29, 1.82) is 0 Å². The van der Waals surface area contributed by atoms with E-state index in [9.17, 15) is 17.6 Å². The van der Waals surface area contributed by atoms with E-state index in [2.05, 4.69) is 0 Å². The first-order chi connectivity index (χ1) is 2.64. The molecule has 0 N–H and O–H groups in total. The Labute approximate surface area is 53.3 Å². The third kappa shape index (κ3) is 6.23. The van der Waals surface area contributed by atoms with Gasteiger partial charge in [0.25, 0.3) is 0 Å². The summed E-state index contributed by atoms with van der Waals surface area (Å²) in [5.41, 5.74) is 0. The Hall–Kier alpha value is 0.226. The topological polar surface area (TPSA) is 0 Å². The number of hydrogen-bond donors (Lipinski definition) is 0. The molecule has 0 unspecified atom stereocenters. The average Bonchev–Trinajstić information content (AvgIpc) is 1.36. The maximum atomic E-state index is 10.3. The Morgan fingerprint density at radius 1 is 0.714 bits per heavy atom. The van der Waals surface area contributed by atoms with Crippen LogP contribution in [0.15, 0.2) is 12.2 Å². The van der Waals surface area contributed by atoms with E-state index in [1.165, 1.54) is 0 Å². The van der Waals surface area contributed by atoms with Gasteiger partial charge in [0.05, 0.1) is 0 Å². The molecule has 0 fully saturated rings. The van der Waals surface area contributed by atoms with Crippen molar-refractivity contribution < 1.29 is 17.6 Å². The standard InChI is InChI=1S/C2F4.Mg.2H/c3-1(4)2(5)6;;;. The molecular weight excluding hydrogens is 124 g/mol. The molecule has 0 atom stereocenters. The van der Waals surface area contributed by atoms with Gasteiger partial charge in [0.1, 0.15) is 0 Å². The molecule has 0 bridgehead atoms. The monoisotopic (exact) mass is 126 g/mol. The quantitative estimate of drug-likeness (QED) is 0.336. The molecule has 0 saturated heterocycles. The lowest BCUT2D eigenvalue weighted by atomic mass is 11.1. The van der Waals surface area contributed by atoms with Crippen LogP contribution >= 0.6 is 0 Å². The van der Waals surface area contributed by atoms with Gasteiger partial charge in [-0.05, 0) is 0 Å². The van der Waals surface area contributed by atoms with Gasteiger partial charge in [-0.15, -0.1) is 0 Å². The van der Waals surface area contributed by atoms with Gasteiger partial charge in [-0.2, -0.15) is 17.6 Å². The molecule has 0 aromatic rings. The summed E-state index contributed by atoms with van der Waals surface area (Å²) in [5.74, 6) is 0. The molecule has 5 heteroatoms. The van der Waals surface area contributed by atoms with E-state index in [1.54, 1.807) is 0 Å². The maximum Gasteiger partial charge on any atom is 0.334 e. The van der Waals surface area contributed by atoms with Crippen LogP contribution in [0.25, 0.3) is 0 Å². The number of hydrogen-bond acceptors (Lipinski definition) is 0. The summed E-state index contributed by atoms with van der Waals surface area (Å²) >= 11 is 0. The van der Waals surface area contributed by atoms with E-state index >= 15 is 0 Å². The molecule has 0 aromatic heterocycles. The highest BCUT2D eigenvalue weighted by Crippen LogP contribution is 2.08. The summed E-state index contributed by atoms with van der Waals surface area (Å²) in [7, 11) is 0. The van der Waals surface area contributed by atoms with Gasteiger partial charge in [0, 0.05) is 0 Å². The molecule has 0 aliphatic carbocycles. The minimum Gasteiger partial charge on any atom is -0.167 e. The molecule has 0 radical (unpaired) electrons. The summed E-state index contributed by atoms with van der Waals surface area (Å²) in [6.45, 7) is 0. The first-order valence-corrected chi connectivity index (χ1v) is 1.01. The van der Waals surface area contributed by atoms with Crippen LogP contribution in [0.1, 0.15) is 0 Å². The Balaban J connectivity index is 0. The molecule has 40 valence electrons. The van der Waals surface area contributed by atoms with Crippen LogP contribution in [0.3, 0.4) is 0 Å². The lowest BCUT2D eigenvalue weighted by Gasteiger charge is -1.69.